The zero-order valence-corrected chi connectivity index (χ0v) is 12.6. The van der Waals surface area contributed by atoms with Crippen LogP contribution in [0.4, 0.5) is 0 Å². The van der Waals surface area contributed by atoms with Gasteiger partial charge in [-0.1, -0.05) is 0 Å². The maximum Gasteiger partial charge on any atom is 0.0112 e. The van der Waals surface area contributed by atoms with Gasteiger partial charge in [-0.3, -0.25) is 4.90 Å². The Kier molecular flexibility index (Phi) is 10.6. The Morgan fingerprint density at radius 3 is 2.12 bits per heavy atom. The van der Waals surface area contributed by atoms with Crippen molar-refractivity contribution in [2.75, 3.05) is 31.6 Å². The first-order valence-corrected chi connectivity index (χ1v) is 7.94. The van der Waals surface area contributed by atoms with Gasteiger partial charge in [0.15, 0.2) is 0 Å². The molecule has 0 fully saturated rings. The second-order valence-corrected chi connectivity index (χ2v) is 5.86. The molecule has 0 atom stereocenters. The van der Waals surface area contributed by atoms with Crippen LogP contribution < -0.4 is 5.32 Å². The lowest BCUT2D eigenvalue weighted by Gasteiger charge is -2.30. The van der Waals surface area contributed by atoms with Crippen molar-refractivity contribution in [1.82, 2.24) is 10.2 Å². The topological polar surface area (TPSA) is 15.3 Å². The lowest BCUT2D eigenvalue weighted by Crippen LogP contribution is -2.41. The molecule has 0 aliphatic rings. The van der Waals surface area contributed by atoms with Crippen LogP contribution in [0, 0.1) is 0 Å². The molecular formula is C13H30N2S. The summed E-state index contributed by atoms with van der Waals surface area (Å²) in [4.78, 5) is 2.54. The van der Waals surface area contributed by atoms with Gasteiger partial charge in [0.05, 0.1) is 0 Å². The Balaban J connectivity index is 3.41. The standard InChI is InChI=1S/C13H30N2S/c1-12(2)15(13(3)4)10-9-14-8-6-7-11-16-5/h12-14H,6-11H2,1-5H3. The van der Waals surface area contributed by atoms with Crippen molar-refractivity contribution in [2.24, 2.45) is 0 Å². The summed E-state index contributed by atoms with van der Waals surface area (Å²) in [7, 11) is 0. The summed E-state index contributed by atoms with van der Waals surface area (Å²) in [5.41, 5.74) is 0. The number of hydrogen-bond acceptors (Lipinski definition) is 3. The summed E-state index contributed by atoms with van der Waals surface area (Å²) in [6.45, 7) is 12.6. The Morgan fingerprint density at radius 2 is 1.62 bits per heavy atom. The molecule has 16 heavy (non-hydrogen) atoms. The third-order valence-electron chi connectivity index (χ3n) is 2.83. The van der Waals surface area contributed by atoms with Gasteiger partial charge in [-0.05, 0) is 59.1 Å². The molecule has 0 aliphatic carbocycles. The van der Waals surface area contributed by atoms with Gasteiger partial charge < -0.3 is 5.32 Å². The second kappa shape index (κ2) is 10.4. The number of rotatable bonds is 10. The predicted octanol–water partition coefficient (Wildman–Crippen LogP) is 2.84. The van der Waals surface area contributed by atoms with Crippen molar-refractivity contribution in [2.45, 2.75) is 52.6 Å². The first kappa shape index (κ1) is 16.3. The average molecular weight is 246 g/mol. The first-order valence-electron chi connectivity index (χ1n) is 6.55. The molecular weight excluding hydrogens is 216 g/mol. The number of nitrogens with one attached hydrogen (secondary N) is 1. The largest absolute Gasteiger partial charge is 0.315 e. The molecule has 0 amide bonds. The number of unbranched alkanes of at least 4 members (excludes halogenated alkanes) is 1. The molecule has 0 aromatic rings. The van der Waals surface area contributed by atoms with Crippen LogP contribution in [-0.4, -0.2) is 48.6 Å². The molecule has 0 saturated heterocycles. The minimum atomic E-state index is 0.651. The van der Waals surface area contributed by atoms with Crippen LogP contribution in [0.15, 0.2) is 0 Å². The van der Waals surface area contributed by atoms with Crippen molar-refractivity contribution in [1.29, 1.82) is 0 Å². The van der Waals surface area contributed by atoms with Crippen LogP contribution in [0.5, 0.6) is 0 Å². The molecule has 0 heterocycles. The quantitative estimate of drug-likeness (QED) is 0.597. The van der Waals surface area contributed by atoms with E-state index >= 15 is 0 Å². The zero-order valence-electron chi connectivity index (χ0n) is 11.8. The fourth-order valence-electron chi connectivity index (χ4n) is 1.94. The highest BCUT2D eigenvalue weighted by molar-refractivity contribution is 7.98. The Bertz CT molecular complexity index is 141. The zero-order chi connectivity index (χ0) is 12.4. The molecule has 1 N–H and O–H groups in total. The molecule has 0 aliphatic heterocycles. The summed E-state index contributed by atoms with van der Waals surface area (Å²) in [6.07, 6.45) is 4.83. The minimum absolute atomic E-state index is 0.651. The van der Waals surface area contributed by atoms with E-state index in [0.717, 1.165) is 13.1 Å². The molecule has 0 aromatic carbocycles. The number of hydrogen-bond donors (Lipinski definition) is 1. The van der Waals surface area contributed by atoms with Gasteiger partial charge in [-0.2, -0.15) is 11.8 Å². The second-order valence-electron chi connectivity index (χ2n) is 4.88. The van der Waals surface area contributed by atoms with Gasteiger partial charge in [0, 0.05) is 25.2 Å². The molecule has 0 unspecified atom stereocenters. The summed E-state index contributed by atoms with van der Waals surface area (Å²) in [5, 5.41) is 3.53. The predicted molar refractivity (Wildman–Crippen MR) is 77.5 cm³/mol. The smallest absolute Gasteiger partial charge is 0.0112 e. The molecule has 0 rings (SSSR count). The third-order valence-corrected chi connectivity index (χ3v) is 3.52. The lowest BCUT2D eigenvalue weighted by atomic mass is 10.2. The molecule has 0 aromatic heterocycles. The molecule has 0 saturated carbocycles. The van der Waals surface area contributed by atoms with Crippen LogP contribution in [-0.2, 0) is 0 Å². The Labute approximate surface area is 107 Å². The van der Waals surface area contributed by atoms with Gasteiger partial charge in [0.25, 0.3) is 0 Å². The number of nitrogens with zero attached hydrogens (tertiary/aromatic N) is 1. The van der Waals surface area contributed by atoms with Crippen LogP contribution in [0.25, 0.3) is 0 Å². The van der Waals surface area contributed by atoms with E-state index in [9.17, 15) is 0 Å². The van der Waals surface area contributed by atoms with Crippen molar-refractivity contribution in [3.8, 4) is 0 Å². The van der Waals surface area contributed by atoms with Crippen molar-refractivity contribution in [3.05, 3.63) is 0 Å². The first-order chi connectivity index (χ1) is 7.59. The minimum Gasteiger partial charge on any atom is -0.315 e. The molecule has 2 nitrogen and oxygen atoms in total. The average Bonchev–Trinajstić information content (AvgIpc) is 2.21. The van der Waals surface area contributed by atoms with E-state index in [4.69, 9.17) is 0 Å². The van der Waals surface area contributed by atoms with E-state index in [0.29, 0.717) is 12.1 Å². The maximum absolute atomic E-state index is 3.53. The molecule has 0 radical (unpaired) electrons. The Morgan fingerprint density at radius 1 is 1.00 bits per heavy atom. The van der Waals surface area contributed by atoms with Crippen LogP contribution in [0.2, 0.25) is 0 Å². The summed E-state index contributed by atoms with van der Waals surface area (Å²) < 4.78 is 0. The van der Waals surface area contributed by atoms with Crippen molar-refractivity contribution >= 4 is 11.8 Å². The molecule has 98 valence electrons. The van der Waals surface area contributed by atoms with Gasteiger partial charge >= 0.3 is 0 Å². The van der Waals surface area contributed by atoms with E-state index in [1.807, 2.05) is 11.8 Å². The molecule has 3 heteroatoms. The van der Waals surface area contributed by atoms with Gasteiger partial charge in [-0.15, -0.1) is 0 Å². The van der Waals surface area contributed by atoms with E-state index in [2.05, 4.69) is 44.2 Å². The van der Waals surface area contributed by atoms with Crippen LogP contribution in [0.1, 0.15) is 40.5 Å². The summed E-state index contributed by atoms with van der Waals surface area (Å²) >= 11 is 1.94. The SMILES string of the molecule is CSCCCCNCCN(C(C)C)C(C)C. The Hall–Kier alpha value is 0.270. The summed E-state index contributed by atoms with van der Waals surface area (Å²) in [5.74, 6) is 1.30. The van der Waals surface area contributed by atoms with Crippen LogP contribution in [0.3, 0.4) is 0 Å². The van der Waals surface area contributed by atoms with Crippen molar-refractivity contribution < 1.29 is 0 Å². The lowest BCUT2D eigenvalue weighted by molar-refractivity contribution is 0.176. The fraction of sp³-hybridized carbons (Fsp3) is 1.00. The normalized spacial score (nSPS) is 12.0. The van der Waals surface area contributed by atoms with E-state index < -0.39 is 0 Å². The molecule has 0 bridgehead atoms. The highest BCUT2D eigenvalue weighted by Crippen LogP contribution is 2.03. The number of thioether (sulfide) groups is 1. The van der Waals surface area contributed by atoms with Gasteiger partial charge in [-0.25, -0.2) is 0 Å². The van der Waals surface area contributed by atoms with E-state index in [-0.39, 0.29) is 0 Å². The van der Waals surface area contributed by atoms with Crippen molar-refractivity contribution in [3.63, 3.8) is 0 Å². The monoisotopic (exact) mass is 246 g/mol. The van der Waals surface area contributed by atoms with Gasteiger partial charge in [0.2, 0.25) is 0 Å². The third kappa shape index (κ3) is 8.43. The fourth-order valence-corrected chi connectivity index (χ4v) is 2.44. The highest BCUT2D eigenvalue weighted by atomic mass is 32.2. The van der Waals surface area contributed by atoms with E-state index in [1.54, 1.807) is 0 Å². The van der Waals surface area contributed by atoms with Crippen LogP contribution >= 0.6 is 11.8 Å². The molecule has 0 spiro atoms. The highest BCUT2D eigenvalue weighted by Gasteiger charge is 2.11. The maximum atomic E-state index is 3.53. The van der Waals surface area contributed by atoms with Gasteiger partial charge in [0.1, 0.15) is 0 Å². The van der Waals surface area contributed by atoms with E-state index in [1.165, 1.54) is 25.1 Å². The summed E-state index contributed by atoms with van der Waals surface area (Å²) in [6, 6.07) is 1.30.